The molecule has 1 aliphatic heterocycles. The van der Waals surface area contributed by atoms with Gasteiger partial charge in [-0.1, -0.05) is 0 Å². The number of nitrogens with zero attached hydrogens (tertiary/aromatic N) is 1. The quantitative estimate of drug-likeness (QED) is 0.730. The van der Waals surface area contributed by atoms with Gasteiger partial charge in [-0.2, -0.15) is 0 Å². The van der Waals surface area contributed by atoms with Crippen molar-refractivity contribution in [3.05, 3.63) is 29.6 Å². The fourth-order valence-corrected chi connectivity index (χ4v) is 2.80. The molecule has 1 fully saturated rings. The van der Waals surface area contributed by atoms with Gasteiger partial charge in [0.1, 0.15) is 12.1 Å². The summed E-state index contributed by atoms with van der Waals surface area (Å²) in [5.74, 6) is 0.797. The minimum absolute atomic E-state index is 0.335. The lowest BCUT2D eigenvalue weighted by Crippen LogP contribution is -2.37. The highest BCUT2D eigenvalue weighted by Gasteiger charge is 2.16. The van der Waals surface area contributed by atoms with Crippen molar-refractivity contribution in [3.63, 3.8) is 0 Å². The number of hydrogen-bond acceptors (Lipinski definition) is 3. The second-order valence-corrected chi connectivity index (χ2v) is 5.39. The van der Waals surface area contributed by atoms with Crippen LogP contribution in [-0.4, -0.2) is 35.1 Å². The molecule has 0 N–H and O–H groups in total. The van der Waals surface area contributed by atoms with Crippen LogP contribution in [0.15, 0.2) is 18.2 Å². The minimum atomic E-state index is -0.752. The lowest BCUT2D eigenvalue weighted by molar-refractivity contribution is 0.112. The van der Waals surface area contributed by atoms with E-state index in [2.05, 4.69) is 0 Å². The highest BCUT2D eigenvalue weighted by atomic mass is 32.2. The smallest absolute Gasteiger partial charge is 0.150 e. The predicted octanol–water partition coefficient (Wildman–Crippen LogP) is 1.21. The van der Waals surface area contributed by atoms with Gasteiger partial charge < -0.3 is 4.90 Å². The summed E-state index contributed by atoms with van der Waals surface area (Å²) in [4.78, 5) is 12.6. The molecule has 5 heteroatoms. The molecule has 1 aromatic rings. The predicted molar refractivity (Wildman–Crippen MR) is 61.9 cm³/mol. The number of hydrogen-bond donors (Lipinski definition) is 0. The van der Waals surface area contributed by atoms with Crippen LogP contribution < -0.4 is 4.90 Å². The molecular weight excluding hydrogens is 229 g/mol. The summed E-state index contributed by atoms with van der Waals surface area (Å²) >= 11 is 0. The first-order valence-electron chi connectivity index (χ1n) is 5.05. The Morgan fingerprint density at radius 1 is 1.25 bits per heavy atom. The molecule has 0 bridgehead atoms. The number of halogens is 1. The van der Waals surface area contributed by atoms with Crippen LogP contribution in [0.3, 0.4) is 0 Å². The van der Waals surface area contributed by atoms with Gasteiger partial charge in [-0.25, -0.2) is 4.39 Å². The molecule has 3 nitrogen and oxygen atoms in total. The van der Waals surface area contributed by atoms with Crippen molar-refractivity contribution >= 4 is 22.8 Å². The zero-order chi connectivity index (χ0) is 11.5. The first-order valence-corrected chi connectivity index (χ1v) is 6.53. The third kappa shape index (κ3) is 2.47. The third-order valence-corrected chi connectivity index (χ3v) is 3.86. The molecule has 0 aliphatic carbocycles. The zero-order valence-corrected chi connectivity index (χ0v) is 9.50. The second-order valence-electron chi connectivity index (χ2n) is 3.70. The molecule has 1 aromatic carbocycles. The van der Waals surface area contributed by atoms with Crippen molar-refractivity contribution in [3.8, 4) is 0 Å². The Morgan fingerprint density at radius 3 is 2.56 bits per heavy atom. The Labute approximate surface area is 95.7 Å². The summed E-state index contributed by atoms with van der Waals surface area (Å²) < 4.78 is 24.4. The van der Waals surface area contributed by atoms with Crippen molar-refractivity contribution < 1.29 is 13.4 Å². The van der Waals surface area contributed by atoms with Crippen LogP contribution in [0.5, 0.6) is 0 Å². The van der Waals surface area contributed by atoms with Crippen LogP contribution in [0.4, 0.5) is 10.1 Å². The SMILES string of the molecule is O=Cc1cc(F)cc(N2CCS(=O)CC2)c1. The normalized spacial score (nSPS) is 17.4. The molecule has 1 saturated heterocycles. The van der Waals surface area contributed by atoms with Crippen LogP contribution in [0, 0.1) is 5.82 Å². The maximum absolute atomic E-state index is 13.2. The third-order valence-electron chi connectivity index (χ3n) is 2.58. The van der Waals surface area contributed by atoms with Gasteiger partial charge in [-0.15, -0.1) is 0 Å². The van der Waals surface area contributed by atoms with E-state index >= 15 is 0 Å². The fraction of sp³-hybridized carbons (Fsp3) is 0.364. The van der Waals surface area contributed by atoms with Gasteiger partial charge in [0, 0.05) is 46.6 Å². The Balaban J connectivity index is 2.22. The van der Waals surface area contributed by atoms with Crippen LogP contribution in [-0.2, 0) is 10.8 Å². The highest BCUT2D eigenvalue weighted by molar-refractivity contribution is 7.85. The topological polar surface area (TPSA) is 37.4 Å². The molecule has 0 spiro atoms. The summed E-state index contributed by atoms with van der Waals surface area (Å²) in [6.45, 7) is 1.29. The molecule has 0 unspecified atom stereocenters. The van der Waals surface area contributed by atoms with Gasteiger partial charge in [0.15, 0.2) is 0 Å². The van der Waals surface area contributed by atoms with Gasteiger partial charge in [-0.05, 0) is 18.2 Å². The monoisotopic (exact) mass is 241 g/mol. The molecule has 0 aromatic heterocycles. The number of carbonyl (C=O) groups excluding carboxylic acids is 1. The van der Waals surface area contributed by atoms with Crippen LogP contribution >= 0.6 is 0 Å². The number of carbonyl (C=O) groups is 1. The summed E-state index contributed by atoms with van der Waals surface area (Å²) in [6.07, 6.45) is 0.634. The van der Waals surface area contributed by atoms with Gasteiger partial charge >= 0.3 is 0 Å². The zero-order valence-electron chi connectivity index (χ0n) is 8.69. The summed E-state index contributed by atoms with van der Waals surface area (Å²) in [7, 11) is -0.752. The van der Waals surface area contributed by atoms with Gasteiger partial charge in [0.05, 0.1) is 0 Å². The number of rotatable bonds is 2. The maximum atomic E-state index is 13.2. The van der Waals surface area contributed by atoms with Crippen LogP contribution in [0.2, 0.25) is 0 Å². The first kappa shape index (κ1) is 11.3. The van der Waals surface area contributed by atoms with Crippen LogP contribution in [0.1, 0.15) is 10.4 Å². The highest BCUT2D eigenvalue weighted by Crippen LogP contribution is 2.19. The van der Waals surface area contributed by atoms with E-state index in [0.717, 1.165) is 0 Å². The fourth-order valence-electron chi connectivity index (χ4n) is 1.74. The van der Waals surface area contributed by atoms with Crippen LogP contribution in [0.25, 0.3) is 0 Å². The molecule has 1 aliphatic rings. The van der Waals surface area contributed by atoms with Crippen molar-refractivity contribution in [2.75, 3.05) is 29.5 Å². The largest absolute Gasteiger partial charge is 0.370 e. The lowest BCUT2D eigenvalue weighted by atomic mass is 10.2. The van der Waals surface area contributed by atoms with Crippen molar-refractivity contribution in [1.82, 2.24) is 0 Å². The average molecular weight is 241 g/mol. The van der Waals surface area contributed by atoms with Gasteiger partial charge in [0.2, 0.25) is 0 Å². The molecule has 0 atom stereocenters. The molecular formula is C11H12FNO2S. The Bertz CT molecular complexity index is 426. The molecule has 2 rings (SSSR count). The van der Waals surface area contributed by atoms with Crippen molar-refractivity contribution in [2.45, 2.75) is 0 Å². The maximum Gasteiger partial charge on any atom is 0.150 e. The van der Waals surface area contributed by atoms with E-state index < -0.39 is 16.6 Å². The Kier molecular flexibility index (Phi) is 3.33. The van der Waals surface area contributed by atoms with E-state index in [1.807, 2.05) is 4.90 Å². The summed E-state index contributed by atoms with van der Waals surface area (Å²) in [5, 5.41) is 0. The average Bonchev–Trinajstić information content (AvgIpc) is 2.29. The second kappa shape index (κ2) is 4.74. The Morgan fingerprint density at radius 2 is 1.94 bits per heavy atom. The molecule has 86 valence electrons. The molecule has 16 heavy (non-hydrogen) atoms. The van der Waals surface area contributed by atoms with E-state index in [0.29, 0.717) is 42.1 Å². The molecule has 0 amide bonds. The minimum Gasteiger partial charge on any atom is -0.370 e. The first-order chi connectivity index (χ1) is 7.69. The van der Waals surface area contributed by atoms with Gasteiger partial charge in [0.25, 0.3) is 0 Å². The summed E-state index contributed by atoms with van der Waals surface area (Å²) in [5.41, 5.74) is 1.03. The van der Waals surface area contributed by atoms with E-state index in [-0.39, 0.29) is 0 Å². The number of anilines is 1. The standard InChI is InChI=1S/C11H12FNO2S/c12-10-5-9(8-14)6-11(7-10)13-1-3-16(15)4-2-13/h5-8H,1-4H2. The Hall–Kier alpha value is -1.23. The van der Waals surface area contributed by atoms with Crippen molar-refractivity contribution in [2.24, 2.45) is 0 Å². The summed E-state index contributed by atoms with van der Waals surface area (Å²) in [6, 6.07) is 4.27. The van der Waals surface area contributed by atoms with E-state index in [4.69, 9.17) is 0 Å². The number of aldehydes is 1. The van der Waals surface area contributed by atoms with E-state index in [9.17, 15) is 13.4 Å². The van der Waals surface area contributed by atoms with Gasteiger partial charge in [-0.3, -0.25) is 9.00 Å². The lowest BCUT2D eigenvalue weighted by Gasteiger charge is -2.28. The molecule has 0 saturated carbocycles. The molecule has 1 heterocycles. The van der Waals surface area contributed by atoms with Crippen molar-refractivity contribution in [1.29, 1.82) is 0 Å². The van der Waals surface area contributed by atoms with E-state index in [1.165, 1.54) is 12.1 Å². The number of benzene rings is 1. The van der Waals surface area contributed by atoms with E-state index in [1.54, 1.807) is 6.07 Å². The molecule has 0 radical (unpaired) electrons.